The molecule has 0 aromatic heterocycles. The molecule has 0 amide bonds. The van der Waals surface area contributed by atoms with Crippen molar-refractivity contribution in [2.45, 2.75) is 30.9 Å². The summed E-state index contributed by atoms with van der Waals surface area (Å²) in [5, 5.41) is 6.98. The molecule has 15 heavy (non-hydrogen) atoms. The van der Waals surface area contributed by atoms with Crippen LogP contribution in [0.1, 0.15) is 19.3 Å². The number of piperidine rings is 1. The van der Waals surface area contributed by atoms with Crippen LogP contribution in [0.15, 0.2) is 0 Å². The lowest BCUT2D eigenvalue weighted by Gasteiger charge is -2.30. The second-order valence-corrected chi connectivity index (χ2v) is 4.59. The predicted molar refractivity (Wildman–Crippen MR) is 59.1 cm³/mol. The Hall–Kier alpha value is -0.160. The first-order chi connectivity index (χ1) is 7.35. The lowest BCUT2D eigenvalue weighted by Crippen LogP contribution is -2.49. The number of hydrogen-bond acceptors (Lipinski definition) is 4. The molecule has 0 bridgehead atoms. The summed E-state index contributed by atoms with van der Waals surface area (Å²) in [6.45, 7) is 4.76. The standard InChI is InChI=1S/C11H22N2O2/c1-14-11(4-7-15-9-11)8-13-10-2-5-12-6-3-10/h10,12-13H,2-9H2,1H3. The van der Waals surface area contributed by atoms with Crippen LogP contribution in [0.2, 0.25) is 0 Å². The predicted octanol–water partition coefficient (Wildman–Crippen LogP) is 0.134. The molecule has 0 saturated carbocycles. The summed E-state index contributed by atoms with van der Waals surface area (Å²) in [6, 6.07) is 0.652. The Kier molecular flexibility index (Phi) is 3.97. The minimum absolute atomic E-state index is 0.0646. The van der Waals surface area contributed by atoms with Crippen molar-refractivity contribution in [3.63, 3.8) is 0 Å². The fourth-order valence-corrected chi connectivity index (χ4v) is 2.32. The lowest BCUT2D eigenvalue weighted by molar-refractivity contribution is -0.0180. The van der Waals surface area contributed by atoms with Gasteiger partial charge in [-0.15, -0.1) is 0 Å². The summed E-state index contributed by atoms with van der Waals surface area (Å²) in [5.74, 6) is 0. The van der Waals surface area contributed by atoms with Crippen molar-refractivity contribution in [1.29, 1.82) is 0 Å². The number of methoxy groups -OCH3 is 1. The molecule has 0 radical (unpaired) electrons. The molecule has 1 unspecified atom stereocenters. The molecule has 2 rings (SSSR count). The summed E-state index contributed by atoms with van der Waals surface area (Å²) in [4.78, 5) is 0. The molecular formula is C11H22N2O2. The van der Waals surface area contributed by atoms with E-state index in [4.69, 9.17) is 9.47 Å². The minimum Gasteiger partial charge on any atom is -0.378 e. The van der Waals surface area contributed by atoms with Gasteiger partial charge in [0.25, 0.3) is 0 Å². The van der Waals surface area contributed by atoms with Crippen molar-refractivity contribution in [2.75, 3.05) is 40.0 Å². The van der Waals surface area contributed by atoms with Gasteiger partial charge >= 0.3 is 0 Å². The van der Waals surface area contributed by atoms with Gasteiger partial charge in [-0.3, -0.25) is 0 Å². The average Bonchev–Trinajstić information content (AvgIpc) is 2.77. The zero-order chi connectivity index (χ0) is 10.6. The smallest absolute Gasteiger partial charge is 0.106 e. The second-order valence-electron chi connectivity index (χ2n) is 4.59. The van der Waals surface area contributed by atoms with Crippen molar-refractivity contribution in [3.05, 3.63) is 0 Å². The third-order valence-corrected chi connectivity index (χ3v) is 3.55. The first-order valence-corrected chi connectivity index (χ1v) is 5.92. The number of nitrogens with one attached hydrogen (secondary N) is 2. The normalized spacial score (nSPS) is 33.4. The lowest BCUT2D eigenvalue weighted by atomic mass is 10.0. The summed E-state index contributed by atoms with van der Waals surface area (Å²) < 4.78 is 11.0. The molecule has 0 aromatic carbocycles. The van der Waals surface area contributed by atoms with Crippen LogP contribution in [0.4, 0.5) is 0 Å². The molecule has 2 fully saturated rings. The van der Waals surface area contributed by atoms with Crippen LogP contribution in [0.3, 0.4) is 0 Å². The minimum atomic E-state index is -0.0646. The van der Waals surface area contributed by atoms with Gasteiger partial charge in [-0.05, 0) is 25.9 Å². The van der Waals surface area contributed by atoms with E-state index in [2.05, 4.69) is 10.6 Å². The average molecular weight is 214 g/mol. The van der Waals surface area contributed by atoms with Gasteiger partial charge in [-0.25, -0.2) is 0 Å². The molecule has 2 saturated heterocycles. The highest BCUT2D eigenvalue weighted by atomic mass is 16.5. The van der Waals surface area contributed by atoms with E-state index >= 15 is 0 Å². The highest BCUT2D eigenvalue weighted by Crippen LogP contribution is 2.22. The molecule has 2 aliphatic rings. The Labute approximate surface area is 91.7 Å². The van der Waals surface area contributed by atoms with E-state index in [-0.39, 0.29) is 5.60 Å². The van der Waals surface area contributed by atoms with Crippen LogP contribution >= 0.6 is 0 Å². The second kappa shape index (κ2) is 5.25. The zero-order valence-electron chi connectivity index (χ0n) is 9.55. The van der Waals surface area contributed by atoms with Gasteiger partial charge in [-0.2, -0.15) is 0 Å². The molecule has 2 aliphatic heterocycles. The summed E-state index contributed by atoms with van der Waals surface area (Å²) in [7, 11) is 1.79. The molecule has 0 spiro atoms. The molecule has 88 valence electrons. The van der Waals surface area contributed by atoms with E-state index in [1.807, 2.05) is 0 Å². The molecule has 2 N–H and O–H groups in total. The Balaban J connectivity index is 1.75. The van der Waals surface area contributed by atoms with Crippen molar-refractivity contribution < 1.29 is 9.47 Å². The number of hydrogen-bond donors (Lipinski definition) is 2. The van der Waals surface area contributed by atoms with Crippen LogP contribution < -0.4 is 10.6 Å². The molecule has 2 heterocycles. The van der Waals surface area contributed by atoms with Crippen molar-refractivity contribution >= 4 is 0 Å². The SMILES string of the molecule is COC1(CNC2CCNCC2)CCOC1. The maximum Gasteiger partial charge on any atom is 0.106 e. The van der Waals surface area contributed by atoms with Gasteiger partial charge in [-0.1, -0.05) is 0 Å². The topological polar surface area (TPSA) is 42.5 Å². The Morgan fingerprint density at radius 2 is 2.27 bits per heavy atom. The van der Waals surface area contributed by atoms with E-state index < -0.39 is 0 Å². The van der Waals surface area contributed by atoms with Crippen LogP contribution in [0, 0.1) is 0 Å². The van der Waals surface area contributed by atoms with Gasteiger partial charge in [0, 0.05) is 32.7 Å². The van der Waals surface area contributed by atoms with Crippen LogP contribution in [-0.2, 0) is 9.47 Å². The summed E-state index contributed by atoms with van der Waals surface area (Å²) >= 11 is 0. The van der Waals surface area contributed by atoms with E-state index in [1.165, 1.54) is 12.8 Å². The van der Waals surface area contributed by atoms with E-state index in [0.717, 1.165) is 39.3 Å². The number of rotatable bonds is 4. The maximum absolute atomic E-state index is 5.59. The molecule has 4 heteroatoms. The van der Waals surface area contributed by atoms with Gasteiger partial charge < -0.3 is 20.1 Å². The first kappa shape index (κ1) is 11.3. The largest absolute Gasteiger partial charge is 0.378 e. The first-order valence-electron chi connectivity index (χ1n) is 5.92. The molecular weight excluding hydrogens is 192 g/mol. The van der Waals surface area contributed by atoms with Crippen LogP contribution in [-0.4, -0.2) is 51.6 Å². The van der Waals surface area contributed by atoms with Gasteiger partial charge in [0.2, 0.25) is 0 Å². The molecule has 1 atom stereocenters. The fraction of sp³-hybridized carbons (Fsp3) is 1.00. The van der Waals surface area contributed by atoms with E-state index in [0.29, 0.717) is 6.04 Å². The fourth-order valence-electron chi connectivity index (χ4n) is 2.32. The van der Waals surface area contributed by atoms with Gasteiger partial charge in [0.15, 0.2) is 0 Å². The maximum atomic E-state index is 5.59. The van der Waals surface area contributed by atoms with Crippen LogP contribution in [0.25, 0.3) is 0 Å². The highest BCUT2D eigenvalue weighted by Gasteiger charge is 2.35. The molecule has 4 nitrogen and oxygen atoms in total. The van der Waals surface area contributed by atoms with E-state index in [1.54, 1.807) is 7.11 Å². The Morgan fingerprint density at radius 1 is 1.47 bits per heavy atom. The Morgan fingerprint density at radius 3 is 2.87 bits per heavy atom. The molecule has 0 aliphatic carbocycles. The van der Waals surface area contributed by atoms with Crippen LogP contribution in [0.5, 0.6) is 0 Å². The Bertz CT molecular complexity index is 187. The van der Waals surface area contributed by atoms with Gasteiger partial charge in [0.1, 0.15) is 5.60 Å². The zero-order valence-corrected chi connectivity index (χ0v) is 9.55. The third-order valence-electron chi connectivity index (χ3n) is 3.55. The summed E-state index contributed by atoms with van der Waals surface area (Å²) in [6.07, 6.45) is 3.46. The molecule has 0 aromatic rings. The van der Waals surface area contributed by atoms with Gasteiger partial charge in [0.05, 0.1) is 6.61 Å². The van der Waals surface area contributed by atoms with Crippen molar-refractivity contribution in [1.82, 2.24) is 10.6 Å². The quantitative estimate of drug-likeness (QED) is 0.698. The van der Waals surface area contributed by atoms with Crippen molar-refractivity contribution in [2.24, 2.45) is 0 Å². The summed E-state index contributed by atoms with van der Waals surface area (Å²) in [5.41, 5.74) is -0.0646. The third kappa shape index (κ3) is 2.91. The highest BCUT2D eigenvalue weighted by molar-refractivity contribution is 4.89. The number of ether oxygens (including phenoxy) is 2. The van der Waals surface area contributed by atoms with E-state index in [9.17, 15) is 0 Å². The van der Waals surface area contributed by atoms with Crippen molar-refractivity contribution in [3.8, 4) is 0 Å². The monoisotopic (exact) mass is 214 g/mol.